The lowest BCUT2D eigenvalue weighted by molar-refractivity contribution is 0.0940. The maximum Gasteiger partial charge on any atom is 0.273 e. The molecule has 0 saturated heterocycles. The van der Waals surface area contributed by atoms with Crippen molar-refractivity contribution in [2.45, 2.75) is 17.2 Å². The van der Waals surface area contributed by atoms with Gasteiger partial charge in [0.2, 0.25) is 0 Å². The Bertz CT molecular complexity index is 999. The second-order valence-electron chi connectivity index (χ2n) is 6.06. The van der Waals surface area contributed by atoms with Gasteiger partial charge in [0.25, 0.3) is 15.9 Å². The first-order valence-corrected chi connectivity index (χ1v) is 10.7. The number of benzene rings is 2. The fraction of sp³-hybridized carbons (Fsp3) is 0.150. The van der Waals surface area contributed by atoms with E-state index in [4.69, 9.17) is 0 Å². The number of carbonyl (C=O) groups excluding carboxylic acids is 1. The smallest absolute Gasteiger partial charge is 0.273 e. The molecule has 3 aromatic rings. The SMILES string of the molecule is C[C@@H](NC(=O)c1ccc(N(C)S(=O)(=O)c2cccs2)cc1)c1ccccc1. The van der Waals surface area contributed by atoms with Crippen molar-refractivity contribution in [2.75, 3.05) is 11.4 Å². The van der Waals surface area contributed by atoms with E-state index in [1.54, 1.807) is 41.8 Å². The first-order chi connectivity index (χ1) is 12.9. The normalized spacial score (nSPS) is 12.4. The van der Waals surface area contributed by atoms with Crippen molar-refractivity contribution in [1.82, 2.24) is 5.32 Å². The number of nitrogens with zero attached hydrogens (tertiary/aromatic N) is 1. The quantitative estimate of drug-likeness (QED) is 0.678. The molecule has 1 N–H and O–H groups in total. The van der Waals surface area contributed by atoms with Gasteiger partial charge in [0, 0.05) is 12.6 Å². The molecule has 1 amide bonds. The molecule has 0 aliphatic rings. The van der Waals surface area contributed by atoms with E-state index in [0.717, 1.165) is 5.56 Å². The Morgan fingerprint density at radius 3 is 2.26 bits per heavy atom. The number of thiophene rings is 1. The van der Waals surface area contributed by atoms with Gasteiger partial charge in [-0.2, -0.15) is 0 Å². The number of hydrogen-bond acceptors (Lipinski definition) is 4. The first kappa shape index (κ1) is 19.1. The number of rotatable bonds is 6. The lowest BCUT2D eigenvalue weighted by Crippen LogP contribution is -2.27. The summed E-state index contributed by atoms with van der Waals surface area (Å²) in [5.41, 5.74) is 1.99. The summed E-state index contributed by atoms with van der Waals surface area (Å²) in [5.74, 6) is -0.207. The van der Waals surface area contributed by atoms with Crippen LogP contribution in [-0.4, -0.2) is 21.4 Å². The Morgan fingerprint density at radius 2 is 1.67 bits per heavy atom. The van der Waals surface area contributed by atoms with Gasteiger partial charge >= 0.3 is 0 Å². The zero-order valence-electron chi connectivity index (χ0n) is 15.0. The molecule has 7 heteroatoms. The van der Waals surface area contributed by atoms with Crippen molar-refractivity contribution < 1.29 is 13.2 Å². The molecule has 5 nitrogen and oxygen atoms in total. The van der Waals surface area contributed by atoms with Crippen LogP contribution in [0.2, 0.25) is 0 Å². The van der Waals surface area contributed by atoms with Gasteiger partial charge in [-0.1, -0.05) is 36.4 Å². The maximum atomic E-state index is 12.6. The zero-order chi connectivity index (χ0) is 19.4. The molecule has 2 aromatic carbocycles. The van der Waals surface area contributed by atoms with Crippen LogP contribution in [0.5, 0.6) is 0 Å². The molecule has 0 aliphatic heterocycles. The van der Waals surface area contributed by atoms with Crippen LogP contribution in [0.3, 0.4) is 0 Å². The van der Waals surface area contributed by atoms with Crippen LogP contribution in [0.15, 0.2) is 76.3 Å². The Kier molecular flexibility index (Phi) is 5.62. The summed E-state index contributed by atoms with van der Waals surface area (Å²) in [7, 11) is -2.08. The van der Waals surface area contributed by atoms with Crippen LogP contribution in [0.1, 0.15) is 28.9 Å². The predicted molar refractivity (Wildman–Crippen MR) is 109 cm³/mol. The van der Waals surface area contributed by atoms with Gasteiger partial charge in [0.15, 0.2) is 0 Å². The summed E-state index contributed by atoms with van der Waals surface area (Å²) in [5, 5.41) is 4.67. The molecule has 3 rings (SSSR count). The largest absolute Gasteiger partial charge is 0.346 e. The number of amides is 1. The average Bonchev–Trinajstić information content (AvgIpc) is 3.24. The van der Waals surface area contributed by atoms with E-state index in [1.165, 1.54) is 22.7 Å². The highest BCUT2D eigenvalue weighted by atomic mass is 32.2. The molecule has 0 unspecified atom stereocenters. The Morgan fingerprint density at radius 1 is 1.00 bits per heavy atom. The number of anilines is 1. The Labute approximate surface area is 163 Å². The molecular weight excluding hydrogens is 380 g/mol. The van der Waals surface area contributed by atoms with E-state index < -0.39 is 10.0 Å². The molecular formula is C20H20N2O3S2. The highest BCUT2D eigenvalue weighted by Crippen LogP contribution is 2.25. The minimum atomic E-state index is -3.59. The lowest BCUT2D eigenvalue weighted by atomic mass is 10.1. The van der Waals surface area contributed by atoms with Crippen molar-refractivity contribution in [2.24, 2.45) is 0 Å². The highest BCUT2D eigenvalue weighted by molar-refractivity contribution is 7.94. The monoisotopic (exact) mass is 400 g/mol. The number of nitrogens with one attached hydrogen (secondary N) is 1. The van der Waals surface area contributed by atoms with Crippen LogP contribution >= 0.6 is 11.3 Å². The maximum absolute atomic E-state index is 12.6. The Balaban J connectivity index is 1.72. The fourth-order valence-electron chi connectivity index (χ4n) is 2.61. The molecule has 0 fully saturated rings. The summed E-state index contributed by atoms with van der Waals surface area (Å²) >= 11 is 1.17. The van der Waals surface area contributed by atoms with Crippen LogP contribution in [-0.2, 0) is 10.0 Å². The fourth-order valence-corrected chi connectivity index (χ4v) is 4.97. The topological polar surface area (TPSA) is 66.5 Å². The third-order valence-electron chi connectivity index (χ3n) is 4.25. The summed E-state index contributed by atoms with van der Waals surface area (Å²) < 4.78 is 26.6. The van der Waals surface area contributed by atoms with Crippen molar-refractivity contribution in [3.05, 3.63) is 83.2 Å². The first-order valence-electron chi connectivity index (χ1n) is 8.38. The lowest BCUT2D eigenvalue weighted by Gasteiger charge is -2.19. The molecule has 1 heterocycles. The van der Waals surface area contributed by atoms with Crippen molar-refractivity contribution >= 4 is 33.0 Å². The van der Waals surface area contributed by atoms with Crippen LogP contribution in [0, 0.1) is 0 Å². The van der Waals surface area contributed by atoms with Crippen molar-refractivity contribution in [3.8, 4) is 0 Å². The summed E-state index contributed by atoms with van der Waals surface area (Å²) in [4.78, 5) is 12.5. The van der Waals surface area contributed by atoms with E-state index in [0.29, 0.717) is 11.3 Å². The van der Waals surface area contributed by atoms with E-state index in [1.807, 2.05) is 37.3 Å². The minimum absolute atomic E-state index is 0.125. The van der Waals surface area contributed by atoms with Crippen LogP contribution in [0.25, 0.3) is 0 Å². The molecule has 27 heavy (non-hydrogen) atoms. The molecule has 1 atom stereocenters. The molecule has 0 spiro atoms. The number of carbonyl (C=O) groups is 1. The number of sulfonamides is 1. The predicted octanol–water partition coefficient (Wildman–Crippen LogP) is 4.06. The van der Waals surface area contributed by atoms with Crippen LogP contribution in [0.4, 0.5) is 5.69 Å². The van der Waals surface area contributed by atoms with Crippen molar-refractivity contribution in [1.29, 1.82) is 0 Å². The number of hydrogen-bond donors (Lipinski definition) is 1. The zero-order valence-corrected chi connectivity index (χ0v) is 16.6. The van der Waals surface area contributed by atoms with Gasteiger partial charge in [-0.05, 0) is 48.2 Å². The minimum Gasteiger partial charge on any atom is -0.346 e. The molecule has 0 saturated carbocycles. The molecule has 0 bridgehead atoms. The van der Waals surface area contributed by atoms with Gasteiger partial charge < -0.3 is 5.32 Å². The average molecular weight is 401 g/mol. The van der Waals surface area contributed by atoms with Crippen LogP contribution < -0.4 is 9.62 Å². The van der Waals surface area contributed by atoms with Gasteiger partial charge in [-0.15, -0.1) is 11.3 Å². The highest BCUT2D eigenvalue weighted by Gasteiger charge is 2.22. The van der Waals surface area contributed by atoms with E-state index in [-0.39, 0.29) is 16.2 Å². The second-order valence-corrected chi connectivity index (χ2v) is 9.20. The van der Waals surface area contributed by atoms with Gasteiger partial charge in [0.1, 0.15) is 4.21 Å². The van der Waals surface area contributed by atoms with E-state index in [2.05, 4.69) is 5.32 Å². The Hall–Kier alpha value is -2.64. The van der Waals surface area contributed by atoms with Gasteiger partial charge in [0.05, 0.1) is 11.7 Å². The van der Waals surface area contributed by atoms with Crippen molar-refractivity contribution in [3.63, 3.8) is 0 Å². The summed E-state index contributed by atoms with van der Waals surface area (Å²) in [6.07, 6.45) is 0. The molecule has 0 aliphatic carbocycles. The molecule has 1 aromatic heterocycles. The van der Waals surface area contributed by atoms with E-state index >= 15 is 0 Å². The van der Waals surface area contributed by atoms with Gasteiger partial charge in [-0.3, -0.25) is 9.10 Å². The second kappa shape index (κ2) is 7.94. The third kappa shape index (κ3) is 4.20. The molecule has 140 valence electrons. The summed E-state index contributed by atoms with van der Waals surface area (Å²) in [6, 6.07) is 19.4. The molecule has 0 radical (unpaired) electrons. The standard InChI is InChI=1S/C20H20N2O3S2/c1-15(16-7-4-3-5-8-16)21-20(23)17-10-12-18(13-11-17)22(2)27(24,25)19-9-6-14-26-19/h3-15H,1-2H3,(H,21,23)/t15-/m1/s1. The summed E-state index contributed by atoms with van der Waals surface area (Å²) in [6.45, 7) is 1.92. The third-order valence-corrected chi connectivity index (χ3v) is 7.41. The van der Waals surface area contributed by atoms with Gasteiger partial charge in [-0.25, -0.2) is 8.42 Å². The van der Waals surface area contributed by atoms with E-state index in [9.17, 15) is 13.2 Å².